The van der Waals surface area contributed by atoms with Crippen LogP contribution in [-0.4, -0.2) is 56.1 Å². The molecule has 5 nitrogen and oxygen atoms in total. The number of hydrogen-bond acceptors (Lipinski definition) is 4. The molecule has 4 rings (SSSR count). The third kappa shape index (κ3) is 6.72. The van der Waals surface area contributed by atoms with Crippen molar-refractivity contribution in [1.82, 2.24) is 15.5 Å². The highest BCUT2D eigenvalue weighted by atomic mass is 16.2. The van der Waals surface area contributed by atoms with Crippen LogP contribution in [0.25, 0.3) is 0 Å². The predicted molar refractivity (Wildman–Crippen MR) is 164 cm³/mol. The molecule has 5 heteroatoms. The monoisotopic (exact) mass is 545 g/mol. The van der Waals surface area contributed by atoms with Gasteiger partial charge >= 0.3 is 0 Å². The van der Waals surface area contributed by atoms with E-state index in [2.05, 4.69) is 45.3 Å². The summed E-state index contributed by atoms with van der Waals surface area (Å²) in [5, 5.41) is 7.46. The van der Waals surface area contributed by atoms with Crippen LogP contribution in [0.4, 0.5) is 0 Å². The lowest BCUT2D eigenvalue weighted by atomic mass is 9.44. The van der Waals surface area contributed by atoms with E-state index in [1.807, 2.05) is 4.90 Å². The van der Waals surface area contributed by atoms with Crippen molar-refractivity contribution < 1.29 is 4.79 Å². The van der Waals surface area contributed by atoms with Crippen molar-refractivity contribution in [2.24, 2.45) is 52.1 Å². The maximum atomic E-state index is 12.7. The first-order valence-corrected chi connectivity index (χ1v) is 17.2. The lowest BCUT2D eigenvalue weighted by molar-refractivity contribution is -0.131. The van der Waals surface area contributed by atoms with Crippen LogP contribution in [-0.2, 0) is 4.79 Å². The van der Waals surface area contributed by atoms with Crippen molar-refractivity contribution in [2.75, 3.05) is 39.3 Å². The molecule has 39 heavy (non-hydrogen) atoms. The Hall–Kier alpha value is -0.650. The molecule has 0 aromatic heterocycles. The van der Waals surface area contributed by atoms with Gasteiger partial charge in [-0.25, -0.2) is 0 Å². The number of rotatable bonds is 14. The van der Waals surface area contributed by atoms with Crippen LogP contribution in [0.5, 0.6) is 0 Å². The Balaban J connectivity index is 1.29. The SMILES string of the molecule is CCN(CC)C(=O)CC[C@@H](C)[C@H]1CCC2C3CCC4C[C@@H](NCCCNCCCN)CC[C@]4(C)C3CC[C@@]21C. The number of fused-ring (bicyclic) bond motifs is 5. The van der Waals surface area contributed by atoms with E-state index in [4.69, 9.17) is 5.73 Å². The minimum absolute atomic E-state index is 0.366. The fourth-order valence-electron chi connectivity index (χ4n) is 10.6. The number of nitrogens with zero attached hydrogens (tertiary/aromatic N) is 1. The summed E-state index contributed by atoms with van der Waals surface area (Å²) in [6.45, 7) is 17.9. The fraction of sp³-hybridized carbons (Fsp3) is 0.971. The summed E-state index contributed by atoms with van der Waals surface area (Å²) < 4.78 is 0. The summed E-state index contributed by atoms with van der Waals surface area (Å²) in [5.41, 5.74) is 6.65. The fourth-order valence-corrected chi connectivity index (χ4v) is 10.6. The molecule has 0 aliphatic heterocycles. The Kier molecular flexibility index (Phi) is 11.2. The van der Waals surface area contributed by atoms with Crippen molar-refractivity contribution in [2.45, 2.75) is 124 Å². The minimum Gasteiger partial charge on any atom is -0.343 e. The number of nitrogens with one attached hydrogen (secondary N) is 2. The van der Waals surface area contributed by atoms with Crippen LogP contribution in [0, 0.1) is 46.3 Å². The summed E-state index contributed by atoms with van der Waals surface area (Å²) in [4.78, 5) is 14.7. The van der Waals surface area contributed by atoms with Crippen LogP contribution in [0.2, 0.25) is 0 Å². The van der Waals surface area contributed by atoms with E-state index in [1.54, 1.807) is 0 Å². The predicted octanol–water partition coefficient (Wildman–Crippen LogP) is 6.22. The lowest BCUT2D eigenvalue weighted by Gasteiger charge is -2.61. The summed E-state index contributed by atoms with van der Waals surface area (Å²) in [6.07, 6.45) is 17.0. The summed E-state index contributed by atoms with van der Waals surface area (Å²) >= 11 is 0. The highest BCUT2D eigenvalue weighted by molar-refractivity contribution is 5.76. The first-order chi connectivity index (χ1) is 18.8. The Morgan fingerprint density at radius 3 is 2.38 bits per heavy atom. The molecule has 4 N–H and O–H groups in total. The molecule has 0 spiro atoms. The van der Waals surface area contributed by atoms with Crippen LogP contribution in [0.3, 0.4) is 0 Å². The molecular weight excluding hydrogens is 480 g/mol. The van der Waals surface area contributed by atoms with Crippen molar-refractivity contribution in [3.05, 3.63) is 0 Å². The zero-order valence-electron chi connectivity index (χ0n) is 26.4. The molecule has 9 atom stereocenters. The zero-order chi connectivity index (χ0) is 28.0. The van der Waals surface area contributed by atoms with Gasteiger partial charge in [0.1, 0.15) is 0 Å². The van der Waals surface area contributed by atoms with E-state index >= 15 is 0 Å². The van der Waals surface area contributed by atoms with Crippen molar-refractivity contribution >= 4 is 5.91 Å². The normalized spacial score (nSPS) is 38.5. The Bertz CT molecular complexity index is 770. The highest BCUT2D eigenvalue weighted by Gasteiger charge is 2.60. The number of amides is 1. The number of hydrogen-bond donors (Lipinski definition) is 3. The minimum atomic E-state index is 0.366. The third-order valence-corrected chi connectivity index (χ3v) is 12.9. The van der Waals surface area contributed by atoms with Gasteiger partial charge in [0.2, 0.25) is 5.91 Å². The van der Waals surface area contributed by atoms with Crippen molar-refractivity contribution in [3.63, 3.8) is 0 Å². The lowest BCUT2D eigenvalue weighted by Crippen LogP contribution is -2.55. The second-order valence-corrected chi connectivity index (χ2v) is 14.6. The molecule has 0 heterocycles. The number of carbonyl (C=O) groups is 1. The van der Waals surface area contributed by atoms with E-state index in [-0.39, 0.29) is 0 Å². The smallest absolute Gasteiger partial charge is 0.222 e. The Labute approximate surface area is 241 Å². The van der Waals surface area contributed by atoms with Gasteiger partial charge in [0, 0.05) is 25.6 Å². The van der Waals surface area contributed by atoms with Gasteiger partial charge in [0.15, 0.2) is 0 Å². The molecular formula is C34H64N4O. The first-order valence-electron chi connectivity index (χ1n) is 17.2. The standard InChI is InChI=1S/C34H64N4O/c1-6-38(7-2)32(39)15-10-25(3)29-13-14-30-28-12-11-26-24-27(37-23-9-22-36-21-8-20-35)16-18-33(26,4)31(28)17-19-34(29,30)5/h25-31,36-37H,6-24,35H2,1-5H3/t25-,26?,27+,28?,29-,30?,31?,33+,34-/m1/s1. The van der Waals surface area contributed by atoms with Crippen LogP contribution >= 0.6 is 0 Å². The first kappa shape index (κ1) is 31.3. The van der Waals surface area contributed by atoms with Gasteiger partial charge in [0.05, 0.1) is 0 Å². The van der Waals surface area contributed by atoms with Crippen molar-refractivity contribution in [1.29, 1.82) is 0 Å². The van der Waals surface area contributed by atoms with E-state index in [9.17, 15) is 4.79 Å². The van der Waals surface area contributed by atoms with E-state index in [0.717, 1.165) is 94.2 Å². The molecule has 0 aromatic rings. The van der Waals surface area contributed by atoms with Gasteiger partial charge in [-0.3, -0.25) is 4.79 Å². The second kappa shape index (κ2) is 14.0. The molecule has 1 amide bonds. The summed E-state index contributed by atoms with van der Waals surface area (Å²) in [7, 11) is 0. The molecule has 0 saturated heterocycles. The number of nitrogens with two attached hydrogens (primary N) is 1. The zero-order valence-corrected chi connectivity index (χ0v) is 26.4. The molecule has 0 aromatic carbocycles. The van der Waals surface area contributed by atoms with Crippen LogP contribution < -0.4 is 16.4 Å². The van der Waals surface area contributed by atoms with Gasteiger partial charge in [-0.15, -0.1) is 0 Å². The molecule has 4 aliphatic carbocycles. The Morgan fingerprint density at radius 2 is 1.64 bits per heavy atom. The highest BCUT2D eigenvalue weighted by Crippen LogP contribution is 2.68. The van der Waals surface area contributed by atoms with Gasteiger partial charge < -0.3 is 21.3 Å². The van der Waals surface area contributed by atoms with E-state index < -0.39 is 0 Å². The largest absolute Gasteiger partial charge is 0.343 e. The molecule has 4 saturated carbocycles. The van der Waals surface area contributed by atoms with E-state index in [1.165, 1.54) is 64.2 Å². The maximum Gasteiger partial charge on any atom is 0.222 e. The third-order valence-electron chi connectivity index (χ3n) is 12.9. The van der Waals surface area contributed by atoms with Gasteiger partial charge in [-0.1, -0.05) is 20.8 Å². The van der Waals surface area contributed by atoms with E-state index in [0.29, 0.717) is 22.7 Å². The van der Waals surface area contributed by atoms with Crippen LogP contribution in [0.15, 0.2) is 0 Å². The summed E-state index contributed by atoms with van der Waals surface area (Å²) in [5.74, 6) is 5.57. The number of carbonyl (C=O) groups excluding carboxylic acids is 1. The molecule has 4 aliphatic rings. The van der Waals surface area contributed by atoms with Crippen LogP contribution in [0.1, 0.15) is 118 Å². The topological polar surface area (TPSA) is 70.4 Å². The summed E-state index contributed by atoms with van der Waals surface area (Å²) in [6, 6.07) is 0.730. The quantitative estimate of drug-likeness (QED) is 0.227. The average Bonchev–Trinajstić information content (AvgIpc) is 3.29. The molecule has 4 unspecified atom stereocenters. The molecule has 226 valence electrons. The van der Waals surface area contributed by atoms with Crippen molar-refractivity contribution in [3.8, 4) is 0 Å². The molecule has 0 radical (unpaired) electrons. The average molecular weight is 545 g/mol. The molecule has 0 bridgehead atoms. The Morgan fingerprint density at radius 1 is 0.923 bits per heavy atom. The second-order valence-electron chi connectivity index (χ2n) is 14.6. The maximum absolute atomic E-state index is 12.7. The van der Waals surface area contributed by atoms with Gasteiger partial charge in [0.25, 0.3) is 0 Å². The van der Waals surface area contributed by atoms with Gasteiger partial charge in [-0.2, -0.15) is 0 Å². The molecule has 4 fully saturated rings. The van der Waals surface area contributed by atoms with Gasteiger partial charge in [-0.05, 0) is 163 Å².